The average Bonchev–Trinajstić information content (AvgIpc) is 2.68. The van der Waals surface area contributed by atoms with Gasteiger partial charge in [-0.05, 0) is 24.6 Å². The number of likely N-dealkylation sites (N-methyl/N-ethyl adjacent to an activating group) is 1. The van der Waals surface area contributed by atoms with E-state index >= 15 is 0 Å². The normalized spacial score (nSPS) is 15.4. The van der Waals surface area contributed by atoms with Crippen molar-refractivity contribution in [1.29, 1.82) is 0 Å². The molecule has 26 heavy (non-hydrogen) atoms. The molecule has 2 aromatic rings. The minimum absolute atomic E-state index is 0.252. The highest BCUT2D eigenvalue weighted by Gasteiger charge is 2.21. The Morgan fingerprint density at radius 1 is 0.885 bits per heavy atom. The van der Waals surface area contributed by atoms with Crippen LogP contribution in [0.4, 0.5) is 0 Å². The molecule has 2 aromatic carbocycles. The summed E-state index contributed by atoms with van der Waals surface area (Å²) in [5, 5.41) is 0. The Bertz CT molecular complexity index is 666. The maximum absolute atomic E-state index is 12.8. The fraction of sp³-hybridized carbons (Fsp3) is 0.409. The average molecular weight is 351 g/mol. The van der Waals surface area contributed by atoms with E-state index in [1.54, 1.807) is 0 Å². The SMILES string of the molecule is CN1CCN(C(=O)CN(CCc2ccccc2)Cc2ccccc2)CC1. The van der Waals surface area contributed by atoms with Gasteiger partial charge >= 0.3 is 0 Å². The van der Waals surface area contributed by atoms with E-state index in [4.69, 9.17) is 0 Å². The largest absolute Gasteiger partial charge is 0.339 e. The lowest BCUT2D eigenvalue weighted by Crippen LogP contribution is -2.50. The molecule has 1 saturated heterocycles. The van der Waals surface area contributed by atoms with Crippen LogP contribution in [-0.4, -0.2) is 66.9 Å². The molecule has 0 spiro atoms. The summed E-state index contributed by atoms with van der Waals surface area (Å²) in [7, 11) is 2.11. The van der Waals surface area contributed by atoms with Gasteiger partial charge in [0, 0.05) is 39.3 Å². The lowest BCUT2D eigenvalue weighted by atomic mass is 10.1. The number of carbonyl (C=O) groups is 1. The fourth-order valence-corrected chi connectivity index (χ4v) is 3.33. The third-order valence-corrected chi connectivity index (χ3v) is 5.02. The predicted molar refractivity (Wildman–Crippen MR) is 106 cm³/mol. The molecule has 0 aromatic heterocycles. The molecule has 0 atom stereocenters. The van der Waals surface area contributed by atoms with Gasteiger partial charge in [0.25, 0.3) is 0 Å². The molecule has 1 aliphatic heterocycles. The number of rotatable bonds is 7. The summed E-state index contributed by atoms with van der Waals surface area (Å²) in [6, 6.07) is 20.9. The Kier molecular flexibility index (Phi) is 6.81. The van der Waals surface area contributed by atoms with Crippen LogP contribution in [-0.2, 0) is 17.8 Å². The van der Waals surface area contributed by atoms with E-state index in [1.165, 1.54) is 11.1 Å². The highest BCUT2D eigenvalue weighted by atomic mass is 16.2. The maximum Gasteiger partial charge on any atom is 0.236 e. The molecule has 1 fully saturated rings. The number of nitrogens with zero attached hydrogens (tertiary/aromatic N) is 3. The van der Waals surface area contributed by atoms with Crippen molar-refractivity contribution in [3.63, 3.8) is 0 Å². The first kappa shape index (κ1) is 18.6. The number of piperazine rings is 1. The zero-order valence-corrected chi connectivity index (χ0v) is 15.7. The van der Waals surface area contributed by atoms with Gasteiger partial charge in [0.15, 0.2) is 0 Å². The van der Waals surface area contributed by atoms with E-state index in [-0.39, 0.29) is 5.91 Å². The minimum atomic E-state index is 0.252. The van der Waals surface area contributed by atoms with Gasteiger partial charge in [0.2, 0.25) is 5.91 Å². The first-order valence-corrected chi connectivity index (χ1v) is 9.47. The van der Waals surface area contributed by atoms with Crippen molar-refractivity contribution in [1.82, 2.24) is 14.7 Å². The van der Waals surface area contributed by atoms with Crippen molar-refractivity contribution in [2.24, 2.45) is 0 Å². The maximum atomic E-state index is 12.8. The Labute approximate surface area is 157 Å². The molecule has 0 unspecified atom stereocenters. The van der Waals surface area contributed by atoms with Crippen LogP contribution in [0.3, 0.4) is 0 Å². The highest BCUT2D eigenvalue weighted by Crippen LogP contribution is 2.09. The smallest absolute Gasteiger partial charge is 0.236 e. The minimum Gasteiger partial charge on any atom is -0.339 e. The van der Waals surface area contributed by atoms with E-state index in [0.717, 1.165) is 45.7 Å². The molecule has 1 heterocycles. The topological polar surface area (TPSA) is 26.8 Å². The van der Waals surface area contributed by atoms with Crippen molar-refractivity contribution in [2.45, 2.75) is 13.0 Å². The first-order chi connectivity index (χ1) is 12.7. The molecule has 1 amide bonds. The van der Waals surface area contributed by atoms with E-state index in [1.807, 2.05) is 17.0 Å². The molecule has 0 radical (unpaired) electrons. The molecule has 0 bridgehead atoms. The summed E-state index contributed by atoms with van der Waals surface area (Å²) in [6.07, 6.45) is 0.962. The quantitative estimate of drug-likeness (QED) is 0.767. The van der Waals surface area contributed by atoms with Crippen molar-refractivity contribution in [3.8, 4) is 0 Å². The molecule has 0 N–H and O–H groups in total. The second-order valence-electron chi connectivity index (χ2n) is 7.12. The molecule has 0 saturated carbocycles. The van der Waals surface area contributed by atoms with E-state index in [0.29, 0.717) is 6.54 Å². The van der Waals surface area contributed by atoms with Crippen LogP contribution in [0.15, 0.2) is 60.7 Å². The van der Waals surface area contributed by atoms with Crippen LogP contribution >= 0.6 is 0 Å². The van der Waals surface area contributed by atoms with Crippen LogP contribution in [0.5, 0.6) is 0 Å². The highest BCUT2D eigenvalue weighted by molar-refractivity contribution is 5.78. The summed E-state index contributed by atoms with van der Waals surface area (Å²) >= 11 is 0. The van der Waals surface area contributed by atoms with Gasteiger partial charge in [-0.25, -0.2) is 0 Å². The Balaban J connectivity index is 1.60. The molecular formula is C22H29N3O. The summed E-state index contributed by atoms with van der Waals surface area (Å²) in [5.41, 5.74) is 2.57. The van der Waals surface area contributed by atoms with Gasteiger partial charge < -0.3 is 9.80 Å². The van der Waals surface area contributed by atoms with Crippen LogP contribution in [0.2, 0.25) is 0 Å². The van der Waals surface area contributed by atoms with Gasteiger partial charge in [-0.1, -0.05) is 60.7 Å². The number of amides is 1. The zero-order chi connectivity index (χ0) is 18.2. The summed E-state index contributed by atoms with van der Waals surface area (Å²) < 4.78 is 0. The predicted octanol–water partition coefficient (Wildman–Crippen LogP) is 2.51. The number of hydrogen-bond donors (Lipinski definition) is 0. The van der Waals surface area contributed by atoms with Gasteiger partial charge in [0.1, 0.15) is 0 Å². The number of carbonyl (C=O) groups excluding carboxylic acids is 1. The molecule has 138 valence electrons. The van der Waals surface area contributed by atoms with Gasteiger partial charge in [-0.2, -0.15) is 0 Å². The standard InChI is InChI=1S/C22H29N3O/c1-23-14-16-25(17-15-23)22(26)19-24(18-21-10-6-3-7-11-21)13-12-20-8-4-2-5-9-20/h2-11H,12-19H2,1H3. The number of hydrogen-bond acceptors (Lipinski definition) is 3. The molecular weight excluding hydrogens is 322 g/mol. The van der Waals surface area contributed by atoms with Gasteiger partial charge in [0.05, 0.1) is 6.54 Å². The monoisotopic (exact) mass is 351 g/mol. The second kappa shape index (κ2) is 9.51. The van der Waals surface area contributed by atoms with Crippen molar-refractivity contribution in [3.05, 3.63) is 71.8 Å². The van der Waals surface area contributed by atoms with E-state index < -0.39 is 0 Å². The first-order valence-electron chi connectivity index (χ1n) is 9.47. The second-order valence-corrected chi connectivity index (χ2v) is 7.12. The molecule has 1 aliphatic rings. The van der Waals surface area contributed by atoms with Crippen molar-refractivity contribution < 1.29 is 4.79 Å². The van der Waals surface area contributed by atoms with Crippen LogP contribution < -0.4 is 0 Å². The third-order valence-electron chi connectivity index (χ3n) is 5.02. The van der Waals surface area contributed by atoms with E-state index in [9.17, 15) is 4.79 Å². The van der Waals surface area contributed by atoms with Crippen molar-refractivity contribution in [2.75, 3.05) is 46.3 Å². The summed E-state index contributed by atoms with van der Waals surface area (Å²) in [5.74, 6) is 0.252. The molecule has 4 nitrogen and oxygen atoms in total. The lowest BCUT2D eigenvalue weighted by molar-refractivity contribution is -0.134. The Hall–Kier alpha value is -2.17. The molecule has 4 heteroatoms. The van der Waals surface area contributed by atoms with Crippen molar-refractivity contribution >= 4 is 5.91 Å². The van der Waals surface area contributed by atoms with Gasteiger partial charge in [-0.3, -0.25) is 9.69 Å². The van der Waals surface area contributed by atoms with Crippen LogP contribution in [0, 0.1) is 0 Å². The van der Waals surface area contributed by atoms with Gasteiger partial charge in [-0.15, -0.1) is 0 Å². The number of benzene rings is 2. The Morgan fingerprint density at radius 3 is 2.08 bits per heavy atom. The molecule has 3 rings (SSSR count). The van der Waals surface area contributed by atoms with Crippen LogP contribution in [0.25, 0.3) is 0 Å². The summed E-state index contributed by atoms with van der Waals surface area (Å²) in [4.78, 5) is 19.4. The fourth-order valence-electron chi connectivity index (χ4n) is 3.33. The summed E-state index contributed by atoms with van der Waals surface area (Å²) in [6.45, 7) is 5.81. The third kappa shape index (κ3) is 5.68. The lowest BCUT2D eigenvalue weighted by Gasteiger charge is -2.34. The van der Waals surface area contributed by atoms with Crippen LogP contribution in [0.1, 0.15) is 11.1 Å². The zero-order valence-electron chi connectivity index (χ0n) is 15.7. The molecule has 0 aliphatic carbocycles. The van der Waals surface area contributed by atoms with E-state index in [2.05, 4.69) is 65.4 Å². The Morgan fingerprint density at radius 2 is 1.46 bits per heavy atom.